The standard InChI is InChI=1S/C22H19BrN2/c1-16-7-8-18(15-21(16)17-9-11-19(23)12-10-17)22-13-14-24-25(22)20-5-3-2-4-6-20/h2-15,22,24H,1H3. The summed E-state index contributed by atoms with van der Waals surface area (Å²) < 4.78 is 1.10. The van der Waals surface area contributed by atoms with Gasteiger partial charge < -0.3 is 5.43 Å². The number of nitrogens with zero attached hydrogens (tertiary/aromatic N) is 1. The monoisotopic (exact) mass is 390 g/mol. The van der Waals surface area contributed by atoms with Gasteiger partial charge in [-0.1, -0.05) is 58.4 Å². The lowest BCUT2D eigenvalue weighted by Crippen LogP contribution is -2.32. The fourth-order valence-electron chi connectivity index (χ4n) is 3.23. The Balaban J connectivity index is 1.72. The summed E-state index contributed by atoms with van der Waals surface area (Å²) in [5.41, 5.74) is 9.58. The van der Waals surface area contributed by atoms with Gasteiger partial charge in [0, 0.05) is 10.7 Å². The third kappa shape index (κ3) is 3.20. The molecule has 4 rings (SSSR count). The highest BCUT2D eigenvalue weighted by molar-refractivity contribution is 9.10. The van der Waals surface area contributed by atoms with Crippen molar-refractivity contribution in [1.29, 1.82) is 0 Å². The Morgan fingerprint density at radius 1 is 0.920 bits per heavy atom. The molecule has 0 aromatic heterocycles. The maximum atomic E-state index is 3.51. The van der Waals surface area contributed by atoms with Crippen LogP contribution in [-0.2, 0) is 0 Å². The van der Waals surface area contributed by atoms with Crippen molar-refractivity contribution in [3.63, 3.8) is 0 Å². The van der Waals surface area contributed by atoms with Crippen molar-refractivity contribution in [3.8, 4) is 11.1 Å². The van der Waals surface area contributed by atoms with Crippen molar-refractivity contribution in [3.05, 3.63) is 101 Å². The van der Waals surface area contributed by atoms with E-state index in [-0.39, 0.29) is 6.04 Å². The van der Waals surface area contributed by atoms with Crippen LogP contribution in [0.5, 0.6) is 0 Å². The highest BCUT2D eigenvalue weighted by Crippen LogP contribution is 2.33. The fraction of sp³-hybridized carbons (Fsp3) is 0.0909. The van der Waals surface area contributed by atoms with Crippen LogP contribution in [0.4, 0.5) is 5.69 Å². The Morgan fingerprint density at radius 2 is 1.68 bits per heavy atom. The van der Waals surface area contributed by atoms with Crippen molar-refractivity contribution in [2.24, 2.45) is 0 Å². The first-order valence-electron chi connectivity index (χ1n) is 8.36. The number of benzene rings is 3. The second-order valence-corrected chi connectivity index (χ2v) is 7.14. The molecule has 3 aromatic carbocycles. The van der Waals surface area contributed by atoms with Crippen LogP contribution in [0, 0.1) is 6.92 Å². The fourth-order valence-corrected chi connectivity index (χ4v) is 3.49. The largest absolute Gasteiger partial charge is 0.305 e. The summed E-state index contributed by atoms with van der Waals surface area (Å²) in [4.78, 5) is 0. The van der Waals surface area contributed by atoms with Crippen LogP contribution in [0.25, 0.3) is 11.1 Å². The molecule has 0 amide bonds. The van der Waals surface area contributed by atoms with Crippen LogP contribution >= 0.6 is 15.9 Å². The lowest BCUT2D eigenvalue weighted by Gasteiger charge is -2.27. The maximum absolute atomic E-state index is 3.51. The van der Waals surface area contributed by atoms with Crippen LogP contribution in [0.1, 0.15) is 17.2 Å². The van der Waals surface area contributed by atoms with E-state index in [1.165, 1.54) is 22.3 Å². The van der Waals surface area contributed by atoms with Gasteiger partial charge in [0.1, 0.15) is 0 Å². The molecule has 0 saturated heterocycles. The number of rotatable bonds is 3. The zero-order valence-corrected chi connectivity index (χ0v) is 15.6. The number of anilines is 1. The summed E-state index contributed by atoms with van der Waals surface area (Å²) in [5, 5.41) is 2.19. The van der Waals surface area contributed by atoms with Gasteiger partial charge in [-0.2, -0.15) is 0 Å². The number of halogens is 1. The van der Waals surface area contributed by atoms with Gasteiger partial charge in [0.2, 0.25) is 0 Å². The van der Waals surface area contributed by atoms with E-state index in [2.05, 4.69) is 106 Å². The first kappa shape index (κ1) is 16.0. The minimum Gasteiger partial charge on any atom is -0.305 e. The Bertz CT molecular complexity index is 901. The number of hydrazine groups is 1. The average molecular weight is 391 g/mol. The molecule has 1 aliphatic rings. The van der Waals surface area contributed by atoms with Crippen LogP contribution in [0.3, 0.4) is 0 Å². The van der Waals surface area contributed by atoms with E-state index >= 15 is 0 Å². The number of aryl methyl sites for hydroxylation is 1. The van der Waals surface area contributed by atoms with Gasteiger partial charge in [0.15, 0.2) is 0 Å². The second kappa shape index (κ2) is 6.77. The SMILES string of the molecule is Cc1ccc(C2C=CNN2c2ccccc2)cc1-c1ccc(Br)cc1. The summed E-state index contributed by atoms with van der Waals surface area (Å²) in [5.74, 6) is 0. The molecule has 0 fully saturated rings. The molecular formula is C22H19BrN2. The van der Waals surface area contributed by atoms with Gasteiger partial charge in [-0.25, -0.2) is 0 Å². The zero-order valence-electron chi connectivity index (χ0n) is 14.0. The van der Waals surface area contributed by atoms with E-state index in [1.807, 2.05) is 12.3 Å². The summed E-state index contributed by atoms with van der Waals surface area (Å²) in [6.45, 7) is 2.17. The van der Waals surface area contributed by atoms with Crippen LogP contribution in [-0.4, -0.2) is 0 Å². The smallest absolute Gasteiger partial charge is 0.0952 e. The molecule has 0 radical (unpaired) electrons. The topological polar surface area (TPSA) is 15.3 Å². The van der Waals surface area contributed by atoms with Gasteiger partial charge >= 0.3 is 0 Å². The quantitative estimate of drug-likeness (QED) is 0.589. The van der Waals surface area contributed by atoms with Gasteiger partial charge in [0.25, 0.3) is 0 Å². The predicted octanol–water partition coefficient (Wildman–Crippen LogP) is 6.00. The van der Waals surface area contributed by atoms with Crippen LogP contribution < -0.4 is 10.4 Å². The normalized spacial score (nSPS) is 16.1. The third-order valence-electron chi connectivity index (χ3n) is 4.56. The van der Waals surface area contributed by atoms with E-state index in [4.69, 9.17) is 0 Å². The lowest BCUT2D eigenvalue weighted by atomic mass is 9.95. The molecule has 0 bridgehead atoms. The van der Waals surface area contributed by atoms with Gasteiger partial charge in [0.05, 0.1) is 11.7 Å². The molecule has 2 nitrogen and oxygen atoms in total. The highest BCUT2D eigenvalue weighted by Gasteiger charge is 2.22. The van der Waals surface area contributed by atoms with Crippen molar-refractivity contribution in [2.45, 2.75) is 13.0 Å². The summed E-state index contributed by atoms with van der Waals surface area (Å²) >= 11 is 3.51. The Labute approximate surface area is 156 Å². The van der Waals surface area contributed by atoms with E-state index in [0.717, 1.165) is 10.2 Å². The van der Waals surface area contributed by atoms with E-state index in [9.17, 15) is 0 Å². The number of nitrogens with one attached hydrogen (secondary N) is 1. The summed E-state index contributed by atoms with van der Waals surface area (Å²) in [6, 6.07) is 25.8. The zero-order chi connectivity index (χ0) is 17.2. The molecule has 1 atom stereocenters. The molecule has 3 aromatic rings. The summed E-state index contributed by atoms with van der Waals surface area (Å²) in [7, 11) is 0. The van der Waals surface area contributed by atoms with Crippen molar-refractivity contribution < 1.29 is 0 Å². The molecule has 0 aliphatic carbocycles. The molecule has 1 heterocycles. The van der Waals surface area contributed by atoms with Gasteiger partial charge in [-0.05, 0) is 65.6 Å². The van der Waals surface area contributed by atoms with E-state index in [0.29, 0.717) is 0 Å². The molecule has 3 heteroatoms. The van der Waals surface area contributed by atoms with E-state index in [1.54, 1.807) is 0 Å². The second-order valence-electron chi connectivity index (χ2n) is 6.22. The molecule has 25 heavy (non-hydrogen) atoms. The highest BCUT2D eigenvalue weighted by atomic mass is 79.9. The number of para-hydroxylation sites is 1. The Morgan fingerprint density at radius 3 is 2.44 bits per heavy atom. The minimum absolute atomic E-state index is 0.178. The molecule has 124 valence electrons. The number of hydrogen-bond acceptors (Lipinski definition) is 2. The lowest BCUT2D eigenvalue weighted by molar-refractivity contribution is 0.718. The van der Waals surface area contributed by atoms with Crippen LogP contribution in [0.15, 0.2) is 89.5 Å². The Hall–Kier alpha value is -2.52. The van der Waals surface area contributed by atoms with Gasteiger partial charge in [-0.15, -0.1) is 0 Å². The first-order valence-corrected chi connectivity index (χ1v) is 9.15. The number of hydrogen-bond donors (Lipinski definition) is 1. The van der Waals surface area contributed by atoms with E-state index < -0.39 is 0 Å². The van der Waals surface area contributed by atoms with Crippen LogP contribution in [0.2, 0.25) is 0 Å². The molecule has 1 N–H and O–H groups in total. The maximum Gasteiger partial charge on any atom is 0.0952 e. The third-order valence-corrected chi connectivity index (χ3v) is 5.09. The van der Waals surface area contributed by atoms with Crippen molar-refractivity contribution in [1.82, 2.24) is 5.43 Å². The minimum atomic E-state index is 0.178. The van der Waals surface area contributed by atoms with Gasteiger partial charge in [-0.3, -0.25) is 5.01 Å². The van der Waals surface area contributed by atoms with Crippen molar-refractivity contribution in [2.75, 3.05) is 5.01 Å². The Kier molecular flexibility index (Phi) is 4.33. The molecule has 1 aliphatic heterocycles. The summed E-state index contributed by atoms with van der Waals surface area (Å²) in [6.07, 6.45) is 4.21. The predicted molar refractivity (Wildman–Crippen MR) is 108 cm³/mol. The average Bonchev–Trinajstić information content (AvgIpc) is 3.13. The molecule has 0 saturated carbocycles. The molecular weight excluding hydrogens is 372 g/mol. The molecule has 0 spiro atoms. The molecule has 1 unspecified atom stereocenters. The van der Waals surface area contributed by atoms with Crippen molar-refractivity contribution >= 4 is 21.6 Å². The first-order chi connectivity index (χ1) is 12.2.